The summed E-state index contributed by atoms with van der Waals surface area (Å²) in [6.07, 6.45) is 7.65. The van der Waals surface area contributed by atoms with E-state index in [1.807, 2.05) is 18.1 Å². The molecule has 4 rings (SSSR count). The Hall–Kier alpha value is -2.14. The van der Waals surface area contributed by atoms with Crippen LogP contribution in [0.15, 0.2) is 36.8 Å². The van der Waals surface area contributed by atoms with Gasteiger partial charge in [0, 0.05) is 37.9 Å². The lowest BCUT2D eigenvalue weighted by atomic mass is 10.0. The van der Waals surface area contributed by atoms with Crippen LogP contribution in [-0.4, -0.2) is 37.3 Å². The van der Waals surface area contributed by atoms with Gasteiger partial charge in [-0.25, -0.2) is 4.98 Å². The normalized spacial score (nSPS) is 19.2. The van der Waals surface area contributed by atoms with E-state index in [0.29, 0.717) is 6.04 Å². The number of fused-ring (bicyclic) bond motifs is 1. The summed E-state index contributed by atoms with van der Waals surface area (Å²) in [4.78, 5) is 7.13. The third-order valence-corrected chi connectivity index (χ3v) is 5.08. The van der Waals surface area contributed by atoms with Crippen LogP contribution in [0.1, 0.15) is 37.1 Å². The molecule has 1 aliphatic heterocycles. The molecule has 3 heterocycles. The lowest BCUT2D eigenvalue weighted by Gasteiger charge is -2.33. The van der Waals surface area contributed by atoms with Crippen LogP contribution in [0.25, 0.3) is 11.0 Å². The van der Waals surface area contributed by atoms with Crippen LogP contribution in [0.2, 0.25) is 0 Å². The third-order valence-electron chi connectivity index (χ3n) is 5.08. The van der Waals surface area contributed by atoms with E-state index in [-0.39, 0.29) is 0 Å². The van der Waals surface area contributed by atoms with Gasteiger partial charge < -0.3 is 4.57 Å². The summed E-state index contributed by atoms with van der Waals surface area (Å²) < 4.78 is 4.31. The molecule has 0 N–H and O–H groups in total. The van der Waals surface area contributed by atoms with Gasteiger partial charge in [-0.15, -0.1) is 0 Å². The summed E-state index contributed by atoms with van der Waals surface area (Å²) in [6, 6.07) is 8.94. The lowest BCUT2D eigenvalue weighted by molar-refractivity contribution is 0.172. The summed E-state index contributed by atoms with van der Waals surface area (Å²) in [6.45, 7) is 5.43. The number of para-hydroxylation sites is 2. The fraction of sp³-hybridized carbons (Fsp3) is 0.474. The van der Waals surface area contributed by atoms with Gasteiger partial charge in [0.1, 0.15) is 0 Å². The van der Waals surface area contributed by atoms with Crippen LogP contribution >= 0.6 is 0 Å². The predicted octanol–water partition coefficient (Wildman–Crippen LogP) is 3.17. The SMILES string of the molecule is CCc1nn(C)cc1CN1CCC[C@@H](n2cnc3ccccc32)C1. The van der Waals surface area contributed by atoms with E-state index in [2.05, 4.69) is 56.9 Å². The van der Waals surface area contributed by atoms with Crippen LogP contribution in [0.4, 0.5) is 0 Å². The molecule has 0 radical (unpaired) electrons. The summed E-state index contributed by atoms with van der Waals surface area (Å²) >= 11 is 0. The number of piperidine rings is 1. The van der Waals surface area contributed by atoms with E-state index < -0.39 is 0 Å². The Morgan fingerprint density at radius 3 is 3.00 bits per heavy atom. The molecular formula is C19H25N5. The number of benzene rings is 1. The van der Waals surface area contributed by atoms with Crippen molar-refractivity contribution in [2.75, 3.05) is 13.1 Å². The monoisotopic (exact) mass is 323 g/mol. The number of hydrogen-bond acceptors (Lipinski definition) is 3. The van der Waals surface area contributed by atoms with Gasteiger partial charge in [0.25, 0.3) is 0 Å². The quantitative estimate of drug-likeness (QED) is 0.740. The summed E-state index contributed by atoms with van der Waals surface area (Å²) in [5.74, 6) is 0. The minimum atomic E-state index is 0.507. The van der Waals surface area contributed by atoms with Crippen molar-refractivity contribution < 1.29 is 0 Å². The minimum Gasteiger partial charge on any atom is -0.326 e. The van der Waals surface area contributed by atoms with Crippen molar-refractivity contribution in [3.05, 3.63) is 48.0 Å². The van der Waals surface area contributed by atoms with E-state index in [9.17, 15) is 0 Å². The molecule has 1 aliphatic rings. The van der Waals surface area contributed by atoms with Crippen LogP contribution in [0.5, 0.6) is 0 Å². The first kappa shape index (κ1) is 15.4. The Morgan fingerprint density at radius 2 is 2.12 bits per heavy atom. The van der Waals surface area contributed by atoms with Crippen molar-refractivity contribution in [2.24, 2.45) is 7.05 Å². The number of rotatable bonds is 4. The highest BCUT2D eigenvalue weighted by Gasteiger charge is 2.23. The Balaban J connectivity index is 1.53. The molecule has 5 heteroatoms. The average Bonchev–Trinajstić information content (AvgIpc) is 3.18. The highest BCUT2D eigenvalue weighted by Crippen LogP contribution is 2.26. The molecule has 0 amide bonds. The van der Waals surface area contributed by atoms with Crippen LogP contribution in [-0.2, 0) is 20.0 Å². The highest BCUT2D eigenvalue weighted by molar-refractivity contribution is 5.75. The van der Waals surface area contributed by atoms with E-state index >= 15 is 0 Å². The average molecular weight is 323 g/mol. The first-order valence-electron chi connectivity index (χ1n) is 8.90. The highest BCUT2D eigenvalue weighted by atomic mass is 15.3. The van der Waals surface area contributed by atoms with Gasteiger partial charge in [-0.05, 0) is 37.9 Å². The smallest absolute Gasteiger partial charge is 0.0961 e. The van der Waals surface area contributed by atoms with Gasteiger partial charge >= 0.3 is 0 Å². The van der Waals surface area contributed by atoms with Crippen LogP contribution < -0.4 is 0 Å². The maximum absolute atomic E-state index is 4.58. The Kier molecular flexibility index (Phi) is 4.10. The number of imidazole rings is 1. The van der Waals surface area contributed by atoms with Crippen LogP contribution in [0.3, 0.4) is 0 Å². The predicted molar refractivity (Wildman–Crippen MR) is 95.9 cm³/mol. The standard InChI is InChI=1S/C19H25N5/c1-3-17-15(11-22(2)21-17)12-23-10-6-7-16(13-23)24-14-20-18-8-4-5-9-19(18)24/h4-5,8-9,11,14,16H,3,6-7,10,12-13H2,1-2H3/t16-/m1/s1. The zero-order valence-electron chi connectivity index (χ0n) is 14.5. The zero-order valence-corrected chi connectivity index (χ0v) is 14.5. The second kappa shape index (κ2) is 6.40. The molecule has 2 aromatic heterocycles. The molecule has 1 aromatic carbocycles. The molecule has 0 bridgehead atoms. The van der Waals surface area contributed by atoms with Crippen molar-refractivity contribution >= 4 is 11.0 Å². The summed E-state index contributed by atoms with van der Waals surface area (Å²) in [5.41, 5.74) is 4.94. The number of likely N-dealkylation sites (tertiary alicyclic amines) is 1. The Morgan fingerprint density at radius 1 is 1.25 bits per heavy atom. The molecule has 0 aliphatic carbocycles. The molecular weight excluding hydrogens is 298 g/mol. The molecule has 126 valence electrons. The zero-order chi connectivity index (χ0) is 16.5. The van der Waals surface area contributed by atoms with E-state index in [1.54, 1.807) is 0 Å². The first-order chi connectivity index (χ1) is 11.7. The van der Waals surface area contributed by atoms with Gasteiger partial charge in [-0.3, -0.25) is 9.58 Å². The van der Waals surface area contributed by atoms with Gasteiger partial charge in [0.15, 0.2) is 0 Å². The maximum Gasteiger partial charge on any atom is 0.0961 e. The molecule has 0 unspecified atom stereocenters. The molecule has 0 saturated carbocycles. The fourth-order valence-electron chi connectivity index (χ4n) is 3.93. The molecule has 1 saturated heterocycles. The largest absolute Gasteiger partial charge is 0.326 e. The molecule has 0 spiro atoms. The van der Waals surface area contributed by atoms with Gasteiger partial charge in [-0.1, -0.05) is 19.1 Å². The van der Waals surface area contributed by atoms with Gasteiger partial charge in [-0.2, -0.15) is 5.10 Å². The molecule has 5 nitrogen and oxygen atoms in total. The van der Waals surface area contributed by atoms with Gasteiger partial charge in [0.2, 0.25) is 0 Å². The van der Waals surface area contributed by atoms with Crippen molar-refractivity contribution in [1.29, 1.82) is 0 Å². The second-order valence-corrected chi connectivity index (χ2v) is 6.80. The number of nitrogens with zero attached hydrogens (tertiary/aromatic N) is 5. The van der Waals surface area contributed by atoms with E-state index in [4.69, 9.17) is 0 Å². The lowest BCUT2D eigenvalue weighted by Crippen LogP contribution is -2.36. The molecule has 1 atom stereocenters. The Labute approximate surface area is 142 Å². The third kappa shape index (κ3) is 2.84. The number of aromatic nitrogens is 4. The van der Waals surface area contributed by atoms with Crippen molar-refractivity contribution in [3.8, 4) is 0 Å². The second-order valence-electron chi connectivity index (χ2n) is 6.80. The van der Waals surface area contributed by atoms with Crippen molar-refractivity contribution in [2.45, 2.75) is 38.8 Å². The number of hydrogen-bond donors (Lipinski definition) is 0. The minimum absolute atomic E-state index is 0.507. The fourth-order valence-corrected chi connectivity index (χ4v) is 3.93. The maximum atomic E-state index is 4.58. The van der Waals surface area contributed by atoms with Gasteiger partial charge in [0.05, 0.1) is 23.1 Å². The van der Waals surface area contributed by atoms with Crippen molar-refractivity contribution in [1.82, 2.24) is 24.2 Å². The van der Waals surface area contributed by atoms with Crippen LogP contribution in [0, 0.1) is 0 Å². The molecule has 24 heavy (non-hydrogen) atoms. The topological polar surface area (TPSA) is 38.9 Å². The van der Waals surface area contributed by atoms with E-state index in [1.165, 1.54) is 36.2 Å². The summed E-state index contributed by atoms with van der Waals surface area (Å²) in [7, 11) is 2.01. The molecule has 1 fully saturated rings. The summed E-state index contributed by atoms with van der Waals surface area (Å²) in [5, 5.41) is 4.58. The molecule has 3 aromatic rings. The van der Waals surface area contributed by atoms with E-state index in [0.717, 1.165) is 25.0 Å². The van der Waals surface area contributed by atoms with Crippen molar-refractivity contribution in [3.63, 3.8) is 0 Å². The number of aryl methyl sites for hydroxylation is 2. The first-order valence-corrected chi connectivity index (χ1v) is 8.90. The Bertz CT molecular complexity index is 831.